The lowest BCUT2D eigenvalue weighted by Gasteiger charge is -2.20. The fourth-order valence-electron chi connectivity index (χ4n) is 3.53. The number of halogens is 5. The molecule has 32 heavy (non-hydrogen) atoms. The Labute approximate surface area is 187 Å². The van der Waals surface area contributed by atoms with Crippen LogP contribution in [0.15, 0.2) is 45.8 Å². The Morgan fingerprint density at radius 3 is 2.66 bits per heavy atom. The Balaban J connectivity index is 1.79. The van der Waals surface area contributed by atoms with Gasteiger partial charge in [-0.15, -0.1) is 0 Å². The molecule has 3 heterocycles. The van der Waals surface area contributed by atoms with Gasteiger partial charge in [-0.1, -0.05) is 6.07 Å². The zero-order valence-electron chi connectivity index (χ0n) is 16.5. The van der Waals surface area contributed by atoms with E-state index >= 15 is 0 Å². The highest BCUT2D eigenvalue weighted by atomic mass is 79.9. The highest BCUT2D eigenvalue weighted by Crippen LogP contribution is 2.33. The highest BCUT2D eigenvalue weighted by molar-refractivity contribution is 9.10. The number of aromatic nitrogens is 2. The predicted molar refractivity (Wildman–Crippen MR) is 111 cm³/mol. The molecular formula is C21H16BrF4N3O3. The standard InChI is InChI=1S/C21H16BrF4N3O3/c22-16-17(21(24,25)26)27-18-13(3-1-7-29(18)20(16)31)12-4-5-14(15(23)11-12)19(30)28-6-2-9-32-10-8-28/h1,3-5,7,11H,2,6,8-10H2. The van der Waals surface area contributed by atoms with Gasteiger partial charge in [-0.2, -0.15) is 13.2 Å². The van der Waals surface area contributed by atoms with Crippen LogP contribution in [0.3, 0.4) is 0 Å². The van der Waals surface area contributed by atoms with Gasteiger partial charge in [-0.25, -0.2) is 9.37 Å². The first-order chi connectivity index (χ1) is 15.2. The summed E-state index contributed by atoms with van der Waals surface area (Å²) in [6.07, 6.45) is -2.95. The zero-order chi connectivity index (χ0) is 23.0. The molecule has 0 bridgehead atoms. The predicted octanol–water partition coefficient (Wildman–Crippen LogP) is 4.14. The van der Waals surface area contributed by atoms with Gasteiger partial charge in [0.2, 0.25) is 0 Å². The first-order valence-corrected chi connectivity index (χ1v) is 10.4. The van der Waals surface area contributed by atoms with Gasteiger partial charge < -0.3 is 9.64 Å². The van der Waals surface area contributed by atoms with Crippen molar-refractivity contribution in [2.75, 3.05) is 26.3 Å². The Morgan fingerprint density at radius 1 is 1.16 bits per heavy atom. The Hall–Kier alpha value is -2.79. The molecule has 1 saturated heterocycles. The average molecular weight is 514 g/mol. The second-order valence-corrected chi connectivity index (χ2v) is 7.94. The molecule has 0 N–H and O–H groups in total. The Bertz CT molecular complexity index is 1250. The fraction of sp³-hybridized carbons (Fsp3) is 0.286. The van der Waals surface area contributed by atoms with E-state index in [1.54, 1.807) is 0 Å². The maximum absolute atomic E-state index is 14.9. The first kappa shape index (κ1) is 22.4. The van der Waals surface area contributed by atoms with Gasteiger partial charge in [0.05, 0.1) is 12.2 Å². The minimum atomic E-state index is -4.86. The van der Waals surface area contributed by atoms with E-state index in [4.69, 9.17) is 4.74 Å². The molecule has 0 atom stereocenters. The smallest absolute Gasteiger partial charge is 0.380 e. The van der Waals surface area contributed by atoms with E-state index in [1.807, 2.05) is 0 Å². The molecule has 3 aromatic rings. The van der Waals surface area contributed by atoms with Crippen molar-refractivity contribution in [1.29, 1.82) is 0 Å². The second kappa shape index (κ2) is 8.62. The largest absolute Gasteiger partial charge is 0.434 e. The lowest BCUT2D eigenvalue weighted by molar-refractivity contribution is -0.141. The van der Waals surface area contributed by atoms with Crippen LogP contribution in [0.25, 0.3) is 16.8 Å². The third kappa shape index (κ3) is 4.14. The van der Waals surface area contributed by atoms with Crippen molar-refractivity contribution in [3.05, 3.63) is 68.4 Å². The minimum Gasteiger partial charge on any atom is -0.380 e. The van der Waals surface area contributed by atoms with E-state index in [1.165, 1.54) is 35.4 Å². The van der Waals surface area contributed by atoms with E-state index in [9.17, 15) is 27.2 Å². The van der Waals surface area contributed by atoms with Crippen molar-refractivity contribution in [2.45, 2.75) is 12.6 Å². The van der Waals surface area contributed by atoms with Crippen molar-refractivity contribution in [3.63, 3.8) is 0 Å². The molecule has 1 aromatic carbocycles. The van der Waals surface area contributed by atoms with E-state index < -0.39 is 33.6 Å². The molecule has 1 aliphatic rings. The molecule has 6 nitrogen and oxygen atoms in total. The normalized spacial score (nSPS) is 15.1. The van der Waals surface area contributed by atoms with Crippen molar-refractivity contribution in [1.82, 2.24) is 14.3 Å². The average Bonchev–Trinajstić information content (AvgIpc) is 3.04. The van der Waals surface area contributed by atoms with Gasteiger partial charge in [-0.05, 0) is 52.2 Å². The van der Waals surface area contributed by atoms with Crippen LogP contribution < -0.4 is 5.56 Å². The molecule has 168 valence electrons. The summed E-state index contributed by atoms with van der Waals surface area (Å²) in [6, 6.07) is 6.63. The number of amides is 1. The quantitative estimate of drug-likeness (QED) is 0.483. The van der Waals surface area contributed by atoms with Crippen molar-refractivity contribution in [2.24, 2.45) is 0 Å². The summed E-state index contributed by atoms with van der Waals surface area (Å²) >= 11 is 2.67. The van der Waals surface area contributed by atoms with Gasteiger partial charge in [-0.3, -0.25) is 14.0 Å². The van der Waals surface area contributed by atoms with E-state index in [0.29, 0.717) is 32.7 Å². The zero-order valence-corrected chi connectivity index (χ0v) is 18.0. The van der Waals surface area contributed by atoms with Gasteiger partial charge in [0, 0.05) is 31.5 Å². The molecule has 11 heteroatoms. The molecular weight excluding hydrogens is 498 g/mol. The fourth-order valence-corrected chi connectivity index (χ4v) is 4.03. The number of pyridine rings is 1. The summed E-state index contributed by atoms with van der Waals surface area (Å²) in [5.41, 5.74) is -2.45. The number of alkyl halides is 3. The van der Waals surface area contributed by atoms with Crippen LogP contribution in [0.4, 0.5) is 17.6 Å². The Morgan fingerprint density at radius 2 is 1.94 bits per heavy atom. The third-order valence-corrected chi connectivity index (χ3v) is 5.80. The van der Waals surface area contributed by atoms with Crippen LogP contribution in [0.1, 0.15) is 22.5 Å². The number of carbonyl (C=O) groups is 1. The summed E-state index contributed by atoms with van der Waals surface area (Å²) in [4.78, 5) is 30.3. The molecule has 1 aliphatic heterocycles. The Kier molecular flexibility index (Phi) is 6.04. The molecule has 0 unspecified atom stereocenters. The lowest BCUT2D eigenvalue weighted by Crippen LogP contribution is -2.33. The van der Waals surface area contributed by atoms with Crippen LogP contribution in [0, 0.1) is 5.82 Å². The van der Waals surface area contributed by atoms with Crippen molar-refractivity contribution < 1.29 is 27.1 Å². The summed E-state index contributed by atoms with van der Waals surface area (Å²) in [7, 11) is 0. The van der Waals surface area contributed by atoms with E-state index in [0.717, 1.165) is 10.5 Å². The van der Waals surface area contributed by atoms with Crippen molar-refractivity contribution in [3.8, 4) is 11.1 Å². The number of ether oxygens (including phenoxy) is 1. The van der Waals surface area contributed by atoms with Crippen LogP contribution in [-0.4, -0.2) is 46.5 Å². The molecule has 1 fully saturated rings. The second-order valence-electron chi connectivity index (χ2n) is 7.15. The number of nitrogens with zero attached hydrogens (tertiary/aromatic N) is 3. The summed E-state index contributed by atoms with van der Waals surface area (Å²) in [5.74, 6) is -1.31. The van der Waals surface area contributed by atoms with Crippen LogP contribution in [0.5, 0.6) is 0 Å². The maximum atomic E-state index is 14.9. The highest BCUT2D eigenvalue weighted by Gasteiger charge is 2.37. The van der Waals surface area contributed by atoms with Gasteiger partial charge in [0.1, 0.15) is 15.9 Å². The van der Waals surface area contributed by atoms with Crippen LogP contribution >= 0.6 is 15.9 Å². The molecule has 0 aliphatic carbocycles. The molecule has 0 saturated carbocycles. The van der Waals surface area contributed by atoms with Crippen molar-refractivity contribution >= 4 is 27.5 Å². The van der Waals surface area contributed by atoms with Gasteiger partial charge in [0.15, 0.2) is 5.69 Å². The first-order valence-electron chi connectivity index (χ1n) is 9.63. The summed E-state index contributed by atoms with van der Waals surface area (Å²) in [6.45, 7) is 1.66. The SMILES string of the molecule is O=C(c1ccc(-c2cccn3c(=O)c(Br)c(C(F)(F)F)nc23)cc1F)N1CCCOCC1. The lowest BCUT2D eigenvalue weighted by atomic mass is 10.0. The topological polar surface area (TPSA) is 63.9 Å². The molecule has 0 spiro atoms. The number of hydrogen-bond donors (Lipinski definition) is 0. The van der Waals surface area contributed by atoms with Gasteiger partial charge >= 0.3 is 6.18 Å². The van der Waals surface area contributed by atoms with Crippen LogP contribution in [-0.2, 0) is 10.9 Å². The number of rotatable bonds is 2. The van der Waals surface area contributed by atoms with Crippen LogP contribution in [0.2, 0.25) is 0 Å². The molecule has 0 radical (unpaired) electrons. The summed E-state index contributed by atoms with van der Waals surface area (Å²) in [5, 5.41) is 0. The summed E-state index contributed by atoms with van der Waals surface area (Å²) < 4.78 is 60.5. The number of fused-ring (bicyclic) bond motifs is 1. The number of carbonyl (C=O) groups excluding carboxylic acids is 1. The maximum Gasteiger partial charge on any atom is 0.434 e. The monoisotopic (exact) mass is 513 g/mol. The molecule has 2 aromatic heterocycles. The minimum absolute atomic E-state index is 0.115. The third-order valence-electron chi connectivity index (χ3n) is 5.09. The van der Waals surface area contributed by atoms with E-state index in [2.05, 4.69) is 20.9 Å². The van der Waals surface area contributed by atoms with E-state index in [-0.39, 0.29) is 22.3 Å². The number of benzene rings is 1. The molecule has 1 amide bonds. The molecule has 4 rings (SSSR count). The van der Waals surface area contributed by atoms with Gasteiger partial charge in [0.25, 0.3) is 11.5 Å². The number of hydrogen-bond acceptors (Lipinski definition) is 4.